The lowest BCUT2D eigenvalue weighted by molar-refractivity contribution is -0.141. The number of carbonyl (C=O) groups is 2. The van der Waals surface area contributed by atoms with Crippen molar-refractivity contribution in [2.24, 2.45) is 5.92 Å². The van der Waals surface area contributed by atoms with E-state index in [4.69, 9.17) is 0 Å². The van der Waals surface area contributed by atoms with Crippen molar-refractivity contribution in [1.29, 1.82) is 0 Å². The first kappa shape index (κ1) is 15.1. The molecular weight excluding hydrogens is 313 g/mol. The second-order valence-electron chi connectivity index (χ2n) is 6.67. The van der Waals surface area contributed by atoms with E-state index in [0.29, 0.717) is 17.5 Å². The van der Waals surface area contributed by atoms with Crippen LogP contribution in [-0.4, -0.2) is 43.9 Å². The van der Waals surface area contributed by atoms with Gasteiger partial charge in [-0.2, -0.15) is 0 Å². The van der Waals surface area contributed by atoms with Gasteiger partial charge in [0, 0.05) is 6.04 Å². The number of aromatic amines is 1. The molecule has 3 unspecified atom stereocenters. The molecule has 1 saturated heterocycles. The lowest BCUT2D eigenvalue weighted by Gasteiger charge is -2.33. The van der Waals surface area contributed by atoms with Crippen LogP contribution in [0, 0.1) is 11.7 Å². The second-order valence-corrected chi connectivity index (χ2v) is 6.67. The lowest BCUT2D eigenvalue weighted by Crippen LogP contribution is -2.46. The zero-order chi connectivity index (χ0) is 16.8. The first-order valence-corrected chi connectivity index (χ1v) is 8.24. The van der Waals surface area contributed by atoms with E-state index in [1.807, 2.05) is 0 Å². The molecule has 2 aromatic rings. The van der Waals surface area contributed by atoms with Crippen molar-refractivity contribution in [3.8, 4) is 0 Å². The van der Waals surface area contributed by atoms with Crippen LogP contribution in [0.5, 0.6) is 0 Å². The fourth-order valence-corrected chi connectivity index (χ4v) is 4.29. The molecule has 0 spiro atoms. The summed E-state index contributed by atoms with van der Waals surface area (Å²) >= 11 is 0. The van der Waals surface area contributed by atoms with Crippen molar-refractivity contribution < 1.29 is 19.1 Å². The molecule has 2 fully saturated rings. The summed E-state index contributed by atoms with van der Waals surface area (Å²) in [5, 5.41) is 9.56. The Morgan fingerprint density at radius 1 is 1.29 bits per heavy atom. The summed E-state index contributed by atoms with van der Waals surface area (Å²) in [6.07, 6.45) is 5.68. The van der Waals surface area contributed by atoms with E-state index in [0.717, 1.165) is 31.7 Å². The number of hydrogen-bond donors (Lipinski definition) is 2. The van der Waals surface area contributed by atoms with Crippen molar-refractivity contribution in [3.63, 3.8) is 0 Å². The standard InChI is InChI=1S/C17H18FN3O3/c18-10-6-11(15-12(7-10)19-8-20-15)16(22)21-13-4-2-1-3-9(13)5-14(21)17(23)24/h6-9,13-14H,1-5H2,(H,19,20)(H,23,24). The quantitative estimate of drug-likeness (QED) is 0.885. The minimum atomic E-state index is -0.993. The zero-order valence-electron chi connectivity index (χ0n) is 13.0. The van der Waals surface area contributed by atoms with Gasteiger partial charge in [0.2, 0.25) is 0 Å². The highest BCUT2D eigenvalue weighted by Gasteiger charge is 2.48. The molecule has 3 atom stereocenters. The van der Waals surface area contributed by atoms with Gasteiger partial charge in [-0.05, 0) is 37.3 Å². The van der Waals surface area contributed by atoms with Crippen LogP contribution in [0.1, 0.15) is 42.5 Å². The largest absolute Gasteiger partial charge is 0.480 e. The Hall–Kier alpha value is -2.44. The van der Waals surface area contributed by atoms with E-state index < -0.39 is 23.7 Å². The molecule has 1 aromatic carbocycles. The number of H-pyrrole nitrogens is 1. The maximum absolute atomic E-state index is 13.9. The number of carboxylic acids is 1. The molecule has 2 N–H and O–H groups in total. The van der Waals surface area contributed by atoms with Crippen LogP contribution in [0.2, 0.25) is 0 Å². The Labute approximate surface area is 137 Å². The monoisotopic (exact) mass is 331 g/mol. The van der Waals surface area contributed by atoms with Gasteiger partial charge in [0.15, 0.2) is 0 Å². The van der Waals surface area contributed by atoms with Gasteiger partial charge in [-0.1, -0.05) is 12.8 Å². The summed E-state index contributed by atoms with van der Waals surface area (Å²) < 4.78 is 13.9. The summed E-state index contributed by atoms with van der Waals surface area (Å²) in [4.78, 5) is 33.2. The highest BCUT2D eigenvalue weighted by molar-refractivity contribution is 6.06. The summed E-state index contributed by atoms with van der Waals surface area (Å²) in [5.41, 5.74) is 0.943. The predicted molar refractivity (Wildman–Crippen MR) is 84.0 cm³/mol. The number of rotatable bonds is 2. The average molecular weight is 331 g/mol. The first-order valence-electron chi connectivity index (χ1n) is 8.24. The number of nitrogens with one attached hydrogen (secondary N) is 1. The Morgan fingerprint density at radius 2 is 2.08 bits per heavy atom. The van der Waals surface area contributed by atoms with E-state index in [9.17, 15) is 19.1 Å². The molecule has 0 radical (unpaired) electrons. The first-order chi connectivity index (χ1) is 11.6. The van der Waals surface area contributed by atoms with Crippen LogP contribution in [0.25, 0.3) is 11.0 Å². The van der Waals surface area contributed by atoms with E-state index in [1.54, 1.807) is 0 Å². The maximum atomic E-state index is 13.9. The molecule has 126 valence electrons. The van der Waals surface area contributed by atoms with E-state index in [-0.39, 0.29) is 17.5 Å². The van der Waals surface area contributed by atoms with Gasteiger partial charge in [-0.3, -0.25) is 4.79 Å². The normalized spacial score (nSPS) is 26.5. The van der Waals surface area contributed by atoms with Crippen molar-refractivity contribution in [2.75, 3.05) is 0 Å². The van der Waals surface area contributed by atoms with Gasteiger partial charge in [-0.25, -0.2) is 14.2 Å². The molecular formula is C17H18FN3O3. The van der Waals surface area contributed by atoms with Crippen LogP contribution in [0.4, 0.5) is 4.39 Å². The third-order valence-corrected chi connectivity index (χ3v) is 5.33. The molecule has 1 saturated carbocycles. The van der Waals surface area contributed by atoms with E-state index in [1.165, 1.54) is 17.3 Å². The van der Waals surface area contributed by atoms with Crippen molar-refractivity contribution >= 4 is 22.9 Å². The molecule has 1 aliphatic carbocycles. The van der Waals surface area contributed by atoms with Crippen molar-refractivity contribution in [1.82, 2.24) is 14.9 Å². The molecule has 4 rings (SSSR count). The van der Waals surface area contributed by atoms with Gasteiger partial charge in [0.05, 0.1) is 17.4 Å². The van der Waals surface area contributed by atoms with Crippen LogP contribution in [0.15, 0.2) is 18.5 Å². The third-order valence-electron chi connectivity index (χ3n) is 5.33. The van der Waals surface area contributed by atoms with Gasteiger partial charge < -0.3 is 15.0 Å². The Kier molecular flexibility index (Phi) is 3.51. The number of likely N-dealkylation sites (tertiary alicyclic amines) is 1. The number of aliphatic carboxylic acids is 1. The molecule has 2 heterocycles. The number of amides is 1. The number of aromatic nitrogens is 2. The van der Waals surface area contributed by atoms with Gasteiger partial charge in [0.25, 0.3) is 5.91 Å². The molecule has 0 bridgehead atoms. The molecule has 6 nitrogen and oxygen atoms in total. The van der Waals surface area contributed by atoms with E-state index >= 15 is 0 Å². The number of fused-ring (bicyclic) bond motifs is 2. The molecule has 1 aliphatic heterocycles. The Balaban J connectivity index is 1.78. The van der Waals surface area contributed by atoms with Gasteiger partial charge in [0.1, 0.15) is 17.4 Å². The SMILES string of the molecule is O=C(O)C1CC2CCCCC2N1C(=O)c1cc(F)cc2[nH]cnc12. The number of imidazole rings is 1. The molecule has 7 heteroatoms. The molecule has 1 aromatic heterocycles. The topological polar surface area (TPSA) is 86.3 Å². The number of benzene rings is 1. The van der Waals surface area contributed by atoms with Gasteiger partial charge in [-0.15, -0.1) is 0 Å². The number of hydrogen-bond acceptors (Lipinski definition) is 3. The van der Waals surface area contributed by atoms with Crippen LogP contribution < -0.4 is 0 Å². The molecule has 1 amide bonds. The number of nitrogens with zero attached hydrogens (tertiary/aromatic N) is 2. The minimum absolute atomic E-state index is 0.0791. The molecule has 24 heavy (non-hydrogen) atoms. The average Bonchev–Trinajstić information content (AvgIpc) is 3.17. The van der Waals surface area contributed by atoms with Crippen LogP contribution >= 0.6 is 0 Å². The summed E-state index contributed by atoms with van der Waals surface area (Å²) in [7, 11) is 0. The molecule has 2 aliphatic rings. The van der Waals surface area contributed by atoms with Crippen molar-refractivity contribution in [2.45, 2.75) is 44.2 Å². The summed E-state index contributed by atoms with van der Waals surface area (Å²) in [5.74, 6) is -1.76. The predicted octanol–water partition coefficient (Wildman–Crippen LogP) is 2.56. The zero-order valence-corrected chi connectivity index (χ0v) is 13.0. The summed E-state index contributed by atoms with van der Waals surface area (Å²) in [6.45, 7) is 0. The number of halogens is 1. The highest BCUT2D eigenvalue weighted by atomic mass is 19.1. The smallest absolute Gasteiger partial charge is 0.326 e. The minimum Gasteiger partial charge on any atom is -0.480 e. The fraction of sp³-hybridized carbons (Fsp3) is 0.471. The second kappa shape index (κ2) is 5.58. The highest BCUT2D eigenvalue weighted by Crippen LogP contribution is 2.41. The Bertz CT molecular complexity index is 819. The van der Waals surface area contributed by atoms with Gasteiger partial charge >= 0.3 is 5.97 Å². The number of carbonyl (C=O) groups excluding carboxylic acids is 1. The lowest BCUT2D eigenvalue weighted by atomic mass is 9.84. The summed E-state index contributed by atoms with van der Waals surface area (Å²) in [6, 6.07) is 1.51. The number of carboxylic acid groups (broad SMARTS) is 1. The maximum Gasteiger partial charge on any atom is 0.326 e. The fourth-order valence-electron chi connectivity index (χ4n) is 4.29. The third kappa shape index (κ3) is 2.26. The van der Waals surface area contributed by atoms with Crippen LogP contribution in [-0.2, 0) is 4.79 Å². The van der Waals surface area contributed by atoms with Crippen molar-refractivity contribution in [3.05, 3.63) is 29.8 Å². The van der Waals surface area contributed by atoms with E-state index in [2.05, 4.69) is 9.97 Å². The Morgan fingerprint density at radius 3 is 2.88 bits per heavy atom. The van der Waals surface area contributed by atoms with Crippen LogP contribution in [0.3, 0.4) is 0 Å².